The fraction of sp³-hybridized carbons (Fsp3) is 0.115. The average molecular weight is 457 g/mol. The van der Waals surface area contributed by atoms with E-state index in [9.17, 15) is 4.79 Å². The molecule has 0 saturated carbocycles. The highest BCUT2D eigenvalue weighted by Crippen LogP contribution is 2.38. The number of hydrogen-bond donors (Lipinski definition) is 0. The molecule has 1 aromatic heterocycles. The van der Waals surface area contributed by atoms with Crippen molar-refractivity contribution in [1.82, 2.24) is 4.57 Å². The summed E-state index contributed by atoms with van der Waals surface area (Å²) in [7, 11) is 1.83. The quantitative estimate of drug-likeness (QED) is 0.315. The normalized spacial score (nSPS) is 14.7. The molecule has 0 N–H and O–H groups in total. The monoisotopic (exact) mass is 456 g/mol. The standard InChI is InChI=1S/C26H21BrN2O/c1-16-14-18(15-22-21-10-6-7-11-24(21)28(3)26(22)30)17(2)29(16)25-13-12-23(27)19-8-4-5-9-20(19)25/h4-15H,1-3H3/b22-15+. The van der Waals surface area contributed by atoms with Gasteiger partial charge in [0.15, 0.2) is 0 Å². The number of amides is 1. The molecule has 0 radical (unpaired) electrons. The number of aromatic nitrogens is 1. The average Bonchev–Trinajstić information content (AvgIpc) is 3.17. The summed E-state index contributed by atoms with van der Waals surface area (Å²) in [6.45, 7) is 4.23. The molecular formula is C26H21BrN2O. The molecular weight excluding hydrogens is 436 g/mol. The first-order valence-electron chi connectivity index (χ1n) is 9.93. The Morgan fingerprint density at radius 1 is 0.867 bits per heavy atom. The van der Waals surface area contributed by atoms with Gasteiger partial charge in [0.2, 0.25) is 0 Å². The zero-order valence-electron chi connectivity index (χ0n) is 17.1. The molecule has 1 amide bonds. The van der Waals surface area contributed by atoms with Crippen LogP contribution in [0.15, 0.2) is 71.2 Å². The third-order valence-electron chi connectivity index (χ3n) is 5.95. The fourth-order valence-electron chi connectivity index (χ4n) is 4.44. The Morgan fingerprint density at radius 3 is 2.37 bits per heavy atom. The molecule has 0 saturated heterocycles. The van der Waals surface area contributed by atoms with Gasteiger partial charge in [-0.1, -0.05) is 58.4 Å². The molecule has 0 unspecified atom stereocenters. The summed E-state index contributed by atoms with van der Waals surface area (Å²) in [6, 6.07) is 22.8. The van der Waals surface area contributed by atoms with Crippen molar-refractivity contribution in [3.8, 4) is 5.69 Å². The van der Waals surface area contributed by atoms with Gasteiger partial charge in [0.1, 0.15) is 0 Å². The minimum Gasteiger partial charge on any atom is -0.317 e. The van der Waals surface area contributed by atoms with E-state index in [4.69, 9.17) is 0 Å². The number of halogens is 1. The highest BCUT2D eigenvalue weighted by molar-refractivity contribution is 9.10. The summed E-state index contributed by atoms with van der Waals surface area (Å²) in [4.78, 5) is 14.6. The van der Waals surface area contributed by atoms with E-state index < -0.39 is 0 Å². The van der Waals surface area contributed by atoms with Crippen molar-refractivity contribution in [2.45, 2.75) is 13.8 Å². The largest absolute Gasteiger partial charge is 0.317 e. The molecule has 0 fully saturated rings. The van der Waals surface area contributed by atoms with E-state index in [2.05, 4.69) is 76.8 Å². The lowest BCUT2D eigenvalue weighted by Gasteiger charge is -2.14. The van der Waals surface area contributed by atoms with Crippen LogP contribution >= 0.6 is 15.9 Å². The molecule has 0 spiro atoms. The van der Waals surface area contributed by atoms with Crippen LogP contribution in [0, 0.1) is 13.8 Å². The second kappa shape index (κ2) is 6.99. The topological polar surface area (TPSA) is 25.2 Å². The summed E-state index contributed by atoms with van der Waals surface area (Å²) in [5, 5.41) is 2.37. The number of hydrogen-bond acceptors (Lipinski definition) is 1. The van der Waals surface area contributed by atoms with Gasteiger partial charge in [-0.25, -0.2) is 0 Å². The van der Waals surface area contributed by atoms with Gasteiger partial charge in [-0.2, -0.15) is 0 Å². The zero-order chi connectivity index (χ0) is 21.0. The van der Waals surface area contributed by atoms with E-state index in [0.29, 0.717) is 0 Å². The van der Waals surface area contributed by atoms with Gasteiger partial charge in [0.25, 0.3) is 5.91 Å². The van der Waals surface area contributed by atoms with E-state index in [1.807, 2.05) is 37.4 Å². The fourth-order valence-corrected chi connectivity index (χ4v) is 4.92. The lowest BCUT2D eigenvalue weighted by Crippen LogP contribution is -2.20. The second-order valence-electron chi connectivity index (χ2n) is 7.71. The Balaban J connectivity index is 1.70. The Kier molecular flexibility index (Phi) is 4.40. The van der Waals surface area contributed by atoms with Crippen molar-refractivity contribution in [2.75, 3.05) is 11.9 Å². The molecule has 0 bridgehead atoms. The zero-order valence-corrected chi connectivity index (χ0v) is 18.7. The maximum atomic E-state index is 12.9. The lowest BCUT2D eigenvalue weighted by molar-refractivity contribution is -0.112. The highest BCUT2D eigenvalue weighted by atomic mass is 79.9. The predicted octanol–water partition coefficient (Wildman–Crippen LogP) is 6.53. The summed E-state index contributed by atoms with van der Waals surface area (Å²) in [5.41, 5.74) is 7.15. The van der Waals surface area contributed by atoms with Gasteiger partial charge < -0.3 is 9.47 Å². The van der Waals surface area contributed by atoms with Crippen molar-refractivity contribution in [1.29, 1.82) is 0 Å². The number of carbonyl (C=O) groups excluding carboxylic acids is 1. The van der Waals surface area contributed by atoms with Crippen LogP contribution in [-0.2, 0) is 4.79 Å². The van der Waals surface area contributed by atoms with Crippen LogP contribution in [0.4, 0.5) is 5.69 Å². The SMILES string of the molecule is Cc1cc(/C=C2/C(=O)N(C)c3ccccc32)c(C)n1-c1ccc(Br)c2ccccc12. The van der Waals surface area contributed by atoms with Crippen LogP contribution in [0.3, 0.4) is 0 Å². The van der Waals surface area contributed by atoms with E-state index in [-0.39, 0.29) is 5.91 Å². The Hall–Kier alpha value is -3.11. The van der Waals surface area contributed by atoms with Crippen LogP contribution in [-0.4, -0.2) is 17.5 Å². The molecule has 3 nitrogen and oxygen atoms in total. The molecule has 5 rings (SSSR count). The molecule has 1 aliphatic heterocycles. The highest BCUT2D eigenvalue weighted by Gasteiger charge is 2.29. The summed E-state index contributed by atoms with van der Waals surface area (Å²) in [6.07, 6.45) is 2.03. The first-order valence-corrected chi connectivity index (χ1v) is 10.7. The van der Waals surface area contributed by atoms with E-state index in [1.165, 1.54) is 10.8 Å². The van der Waals surface area contributed by atoms with Gasteiger partial charge in [0.05, 0.1) is 11.4 Å². The van der Waals surface area contributed by atoms with E-state index >= 15 is 0 Å². The minimum atomic E-state index is 0.0371. The van der Waals surface area contributed by atoms with Crippen molar-refractivity contribution in [2.24, 2.45) is 0 Å². The van der Waals surface area contributed by atoms with Crippen LogP contribution < -0.4 is 4.90 Å². The van der Waals surface area contributed by atoms with E-state index in [0.717, 1.165) is 43.9 Å². The molecule has 0 atom stereocenters. The number of fused-ring (bicyclic) bond motifs is 2. The number of anilines is 1. The predicted molar refractivity (Wildman–Crippen MR) is 128 cm³/mol. The number of rotatable bonds is 2. The first-order chi connectivity index (χ1) is 14.5. The van der Waals surface area contributed by atoms with Crippen LogP contribution in [0.2, 0.25) is 0 Å². The summed E-state index contributed by atoms with van der Waals surface area (Å²) in [5.74, 6) is 0.0371. The number of para-hydroxylation sites is 1. The van der Waals surface area contributed by atoms with Crippen molar-refractivity contribution in [3.63, 3.8) is 0 Å². The van der Waals surface area contributed by atoms with Crippen LogP contribution in [0.1, 0.15) is 22.5 Å². The van der Waals surface area contributed by atoms with Crippen molar-refractivity contribution >= 4 is 49.9 Å². The summed E-state index contributed by atoms with van der Waals surface area (Å²) < 4.78 is 3.36. The second-order valence-corrected chi connectivity index (χ2v) is 8.57. The Labute approximate surface area is 184 Å². The maximum Gasteiger partial charge on any atom is 0.258 e. The molecule has 1 aliphatic rings. The molecule has 148 valence electrons. The first kappa shape index (κ1) is 18.9. The molecule has 30 heavy (non-hydrogen) atoms. The molecule has 0 aliphatic carbocycles. The van der Waals surface area contributed by atoms with E-state index in [1.54, 1.807) is 4.90 Å². The van der Waals surface area contributed by atoms with Crippen LogP contribution in [0.5, 0.6) is 0 Å². The van der Waals surface area contributed by atoms with Gasteiger partial charge in [-0.3, -0.25) is 4.79 Å². The minimum absolute atomic E-state index is 0.0371. The van der Waals surface area contributed by atoms with Crippen LogP contribution in [0.25, 0.3) is 28.1 Å². The molecule has 4 heteroatoms. The van der Waals surface area contributed by atoms with Gasteiger partial charge in [-0.15, -0.1) is 0 Å². The summed E-state index contributed by atoms with van der Waals surface area (Å²) >= 11 is 3.67. The third-order valence-corrected chi connectivity index (χ3v) is 6.64. The molecule has 2 heterocycles. The number of nitrogens with zero attached hydrogens (tertiary/aromatic N) is 2. The van der Waals surface area contributed by atoms with Gasteiger partial charge >= 0.3 is 0 Å². The number of carbonyl (C=O) groups is 1. The van der Waals surface area contributed by atoms with Gasteiger partial charge in [0, 0.05) is 39.4 Å². The third kappa shape index (κ3) is 2.75. The number of aryl methyl sites for hydroxylation is 1. The lowest BCUT2D eigenvalue weighted by atomic mass is 10.0. The van der Waals surface area contributed by atoms with Crippen molar-refractivity contribution in [3.05, 3.63) is 93.7 Å². The van der Waals surface area contributed by atoms with Gasteiger partial charge in [-0.05, 0) is 55.1 Å². The maximum absolute atomic E-state index is 12.9. The number of likely N-dealkylation sites (N-methyl/N-ethyl adjacent to an activating group) is 1. The Morgan fingerprint density at radius 2 is 1.57 bits per heavy atom. The Bertz CT molecular complexity index is 1360. The van der Waals surface area contributed by atoms with Crippen molar-refractivity contribution < 1.29 is 4.79 Å². The molecule has 4 aromatic rings. The smallest absolute Gasteiger partial charge is 0.258 e. The molecule has 3 aromatic carbocycles. The number of benzene rings is 3.